The van der Waals surface area contributed by atoms with Crippen molar-refractivity contribution < 1.29 is 4.79 Å². The fraction of sp³-hybridized carbons (Fsp3) is 0.923. The van der Waals surface area contributed by atoms with E-state index >= 15 is 0 Å². The summed E-state index contributed by atoms with van der Waals surface area (Å²) < 4.78 is 0. The molecule has 0 aliphatic heterocycles. The predicted molar refractivity (Wildman–Crippen MR) is 71.1 cm³/mol. The minimum atomic E-state index is -0.0157. The number of carbonyl (C=O) groups is 1. The summed E-state index contributed by atoms with van der Waals surface area (Å²) in [4.78, 5) is 12.8. The maximum atomic E-state index is 11.2. The van der Waals surface area contributed by atoms with Crippen molar-refractivity contribution in [3.63, 3.8) is 0 Å². The maximum absolute atomic E-state index is 11.2. The number of amides is 2. The molecular formula is C13H27N3O. The van der Waals surface area contributed by atoms with Crippen LogP contribution >= 0.6 is 0 Å². The Bertz CT molecular complexity index is 231. The molecule has 1 fully saturated rings. The van der Waals surface area contributed by atoms with E-state index < -0.39 is 0 Å². The summed E-state index contributed by atoms with van der Waals surface area (Å²) in [5.41, 5.74) is 0. The third-order valence-electron chi connectivity index (χ3n) is 3.46. The summed E-state index contributed by atoms with van der Waals surface area (Å²) in [7, 11) is 3.51. The SMILES string of the molecule is CC1CCCC(CNCCNC(=O)N(C)C)C1. The molecule has 1 aliphatic rings. The standard InChI is InChI=1S/C13H27N3O/c1-11-5-4-6-12(9-11)10-14-7-8-15-13(17)16(2)3/h11-12,14H,4-10H2,1-3H3,(H,15,17). The van der Waals surface area contributed by atoms with Crippen LogP contribution in [0.4, 0.5) is 4.79 Å². The largest absolute Gasteiger partial charge is 0.337 e. The van der Waals surface area contributed by atoms with E-state index in [1.54, 1.807) is 19.0 Å². The molecule has 4 heteroatoms. The molecule has 2 amide bonds. The van der Waals surface area contributed by atoms with E-state index in [2.05, 4.69) is 17.6 Å². The Morgan fingerprint density at radius 1 is 1.29 bits per heavy atom. The molecular weight excluding hydrogens is 214 g/mol. The molecule has 0 aromatic carbocycles. The van der Waals surface area contributed by atoms with Gasteiger partial charge in [0.05, 0.1) is 0 Å². The van der Waals surface area contributed by atoms with Crippen molar-refractivity contribution in [3.05, 3.63) is 0 Å². The van der Waals surface area contributed by atoms with Crippen LogP contribution in [0.3, 0.4) is 0 Å². The zero-order chi connectivity index (χ0) is 12.7. The van der Waals surface area contributed by atoms with Crippen LogP contribution in [0.1, 0.15) is 32.6 Å². The summed E-state index contributed by atoms with van der Waals surface area (Å²) in [5, 5.41) is 6.29. The van der Waals surface area contributed by atoms with Gasteiger partial charge in [0, 0.05) is 27.2 Å². The zero-order valence-electron chi connectivity index (χ0n) is 11.5. The van der Waals surface area contributed by atoms with Gasteiger partial charge in [-0.1, -0.05) is 19.8 Å². The molecule has 0 radical (unpaired) electrons. The van der Waals surface area contributed by atoms with Crippen LogP contribution in [0.25, 0.3) is 0 Å². The van der Waals surface area contributed by atoms with Gasteiger partial charge in [0.2, 0.25) is 0 Å². The molecule has 1 aliphatic carbocycles. The summed E-state index contributed by atoms with van der Waals surface area (Å²) >= 11 is 0. The lowest BCUT2D eigenvalue weighted by molar-refractivity contribution is 0.217. The van der Waals surface area contributed by atoms with Gasteiger partial charge in [-0.25, -0.2) is 4.79 Å². The van der Waals surface area contributed by atoms with E-state index in [0.29, 0.717) is 6.54 Å². The first kappa shape index (κ1) is 14.3. The van der Waals surface area contributed by atoms with E-state index in [0.717, 1.165) is 24.9 Å². The summed E-state index contributed by atoms with van der Waals surface area (Å²) in [6.07, 6.45) is 5.50. The van der Waals surface area contributed by atoms with Crippen LogP contribution in [-0.4, -0.2) is 44.7 Å². The summed E-state index contributed by atoms with van der Waals surface area (Å²) in [6.45, 7) is 5.02. The highest BCUT2D eigenvalue weighted by molar-refractivity contribution is 5.73. The van der Waals surface area contributed by atoms with Gasteiger partial charge in [-0.15, -0.1) is 0 Å². The molecule has 4 nitrogen and oxygen atoms in total. The highest BCUT2D eigenvalue weighted by Crippen LogP contribution is 2.27. The molecule has 0 spiro atoms. The van der Waals surface area contributed by atoms with Gasteiger partial charge in [0.15, 0.2) is 0 Å². The minimum Gasteiger partial charge on any atom is -0.337 e. The van der Waals surface area contributed by atoms with E-state index in [4.69, 9.17) is 0 Å². The fourth-order valence-corrected chi connectivity index (χ4v) is 2.47. The lowest BCUT2D eigenvalue weighted by Gasteiger charge is -2.26. The first-order valence-corrected chi connectivity index (χ1v) is 6.75. The van der Waals surface area contributed by atoms with Crippen molar-refractivity contribution in [3.8, 4) is 0 Å². The van der Waals surface area contributed by atoms with Crippen LogP contribution in [-0.2, 0) is 0 Å². The number of urea groups is 1. The van der Waals surface area contributed by atoms with Crippen LogP contribution in [0.15, 0.2) is 0 Å². The molecule has 1 rings (SSSR count). The normalized spacial score (nSPS) is 24.4. The third kappa shape index (κ3) is 5.91. The van der Waals surface area contributed by atoms with Crippen molar-refractivity contribution in [2.45, 2.75) is 32.6 Å². The van der Waals surface area contributed by atoms with Gasteiger partial charge < -0.3 is 15.5 Å². The predicted octanol–water partition coefficient (Wildman–Crippen LogP) is 1.67. The molecule has 0 aromatic rings. The second kappa shape index (κ2) is 7.54. The van der Waals surface area contributed by atoms with Crippen molar-refractivity contribution in [2.24, 2.45) is 11.8 Å². The Balaban J connectivity index is 1.98. The Kier molecular flexibility index (Phi) is 6.34. The maximum Gasteiger partial charge on any atom is 0.316 e. The molecule has 2 N–H and O–H groups in total. The minimum absolute atomic E-state index is 0.0157. The van der Waals surface area contributed by atoms with Crippen molar-refractivity contribution in [2.75, 3.05) is 33.7 Å². The van der Waals surface area contributed by atoms with Crippen molar-refractivity contribution in [1.82, 2.24) is 15.5 Å². The fourth-order valence-electron chi connectivity index (χ4n) is 2.47. The highest BCUT2D eigenvalue weighted by Gasteiger charge is 2.17. The highest BCUT2D eigenvalue weighted by atomic mass is 16.2. The first-order chi connectivity index (χ1) is 8.09. The molecule has 0 bridgehead atoms. The third-order valence-corrected chi connectivity index (χ3v) is 3.46. The molecule has 17 heavy (non-hydrogen) atoms. The van der Waals surface area contributed by atoms with Crippen LogP contribution in [0, 0.1) is 11.8 Å². The van der Waals surface area contributed by atoms with Gasteiger partial charge >= 0.3 is 6.03 Å². The quantitative estimate of drug-likeness (QED) is 0.719. The summed E-state index contributed by atoms with van der Waals surface area (Å²) in [6, 6.07) is -0.0157. The molecule has 0 saturated heterocycles. The van der Waals surface area contributed by atoms with E-state index in [1.807, 2.05) is 0 Å². The average Bonchev–Trinajstić information content (AvgIpc) is 2.28. The van der Waals surface area contributed by atoms with Crippen LogP contribution in [0.2, 0.25) is 0 Å². The number of nitrogens with zero attached hydrogens (tertiary/aromatic N) is 1. The number of carbonyl (C=O) groups excluding carboxylic acids is 1. The van der Waals surface area contributed by atoms with Gasteiger partial charge in [-0.2, -0.15) is 0 Å². The van der Waals surface area contributed by atoms with Crippen molar-refractivity contribution in [1.29, 1.82) is 0 Å². The molecule has 2 atom stereocenters. The number of nitrogens with one attached hydrogen (secondary N) is 2. The van der Waals surface area contributed by atoms with Crippen LogP contribution < -0.4 is 10.6 Å². The molecule has 0 aromatic heterocycles. The Hall–Kier alpha value is -0.770. The van der Waals surface area contributed by atoms with Crippen molar-refractivity contribution >= 4 is 6.03 Å². The second-order valence-electron chi connectivity index (χ2n) is 5.47. The number of hydrogen-bond acceptors (Lipinski definition) is 2. The second-order valence-corrected chi connectivity index (χ2v) is 5.47. The number of hydrogen-bond donors (Lipinski definition) is 2. The molecule has 1 saturated carbocycles. The zero-order valence-corrected chi connectivity index (χ0v) is 11.5. The Morgan fingerprint density at radius 2 is 2.06 bits per heavy atom. The molecule has 0 heterocycles. The average molecular weight is 241 g/mol. The monoisotopic (exact) mass is 241 g/mol. The smallest absolute Gasteiger partial charge is 0.316 e. The van der Waals surface area contributed by atoms with Gasteiger partial charge in [-0.3, -0.25) is 0 Å². The summed E-state index contributed by atoms with van der Waals surface area (Å²) in [5.74, 6) is 1.73. The number of rotatable bonds is 5. The van der Waals surface area contributed by atoms with Gasteiger partial charge in [0.25, 0.3) is 0 Å². The lowest BCUT2D eigenvalue weighted by Crippen LogP contribution is -2.39. The Labute approximate surface area is 105 Å². The lowest BCUT2D eigenvalue weighted by atomic mass is 9.82. The Morgan fingerprint density at radius 3 is 2.71 bits per heavy atom. The van der Waals surface area contributed by atoms with E-state index in [1.165, 1.54) is 25.7 Å². The van der Waals surface area contributed by atoms with Gasteiger partial charge in [-0.05, 0) is 31.2 Å². The van der Waals surface area contributed by atoms with E-state index in [-0.39, 0.29) is 6.03 Å². The molecule has 2 unspecified atom stereocenters. The topological polar surface area (TPSA) is 44.4 Å². The first-order valence-electron chi connectivity index (χ1n) is 6.75. The van der Waals surface area contributed by atoms with Gasteiger partial charge in [0.1, 0.15) is 0 Å². The molecule has 100 valence electrons. The van der Waals surface area contributed by atoms with E-state index in [9.17, 15) is 4.79 Å². The van der Waals surface area contributed by atoms with Crippen LogP contribution in [0.5, 0.6) is 0 Å².